The van der Waals surface area contributed by atoms with E-state index in [0.717, 1.165) is 25.7 Å². The molecule has 1 saturated carbocycles. The van der Waals surface area contributed by atoms with Gasteiger partial charge in [-0.2, -0.15) is 4.31 Å². The zero-order valence-electron chi connectivity index (χ0n) is 14.2. The van der Waals surface area contributed by atoms with Gasteiger partial charge in [-0.15, -0.1) is 0 Å². The molecule has 2 heterocycles. The maximum absolute atomic E-state index is 13.2. The van der Waals surface area contributed by atoms with Crippen LogP contribution in [0.2, 0.25) is 0 Å². The first kappa shape index (κ1) is 16.6. The fourth-order valence-corrected chi connectivity index (χ4v) is 6.13. The summed E-state index contributed by atoms with van der Waals surface area (Å²) in [4.78, 5) is 11.7. The van der Waals surface area contributed by atoms with Crippen LogP contribution in [0.25, 0.3) is 0 Å². The predicted molar refractivity (Wildman–Crippen MR) is 92.8 cm³/mol. The molecular formula is C18H22N2O4S. The van der Waals surface area contributed by atoms with Gasteiger partial charge in [0, 0.05) is 12.1 Å². The molecule has 1 aromatic rings. The smallest absolute Gasteiger partial charge is 0.252 e. The number of primary amides is 1. The lowest BCUT2D eigenvalue weighted by Gasteiger charge is -2.35. The van der Waals surface area contributed by atoms with Crippen molar-refractivity contribution in [2.45, 2.75) is 55.5 Å². The minimum Gasteiger partial charge on any atom is -0.496 e. The van der Waals surface area contributed by atoms with Crippen LogP contribution in [-0.4, -0.2) is 37.8 Å². The topological polar surface area (TPSA) is 89.7 Å². The molecule has 6 nitrogen and oxygen atoms in total. The Balaban J connectivity index is 1.70. The number of allylic oxidation sites excluding steroid dienone is 1. The maximum Gasteiger partial charge on any atom is 0.252 e. The second-order valence-electron chi connectivity index (χ2n) is 7.06. The molecule has 1 aromatic carbocycles. The van der Waals surface area contributed by atoms with Gasteiger partial charge in [0.1, 0.15) is 5.75 Å². The van der Waals surface area contributed by atoms with Crippen molar-refractivity contribution < 1.29 is 17.9 Å². The normalized spacial score (nSPS) is 26.0. The Bertz CT molecular complexity index is 853. The summed E-state index contributed by atoms with van der Waals surface area (Å²) in [5.74, 6) is -0.412. The van der Waals surface area contributed by atoms with Gasteiger partial charge >= 0.3 is 0 Å². The van der Waals surface area contributed by atoms with Crippen LogP contribution in [0.1, 0.15) is 48.9 Å². The Morgan fingerprint density at radius 3 is 2.32 bits per heavy atom. The number of piperidine rings is 1. The maximum atomic E-state index is 13.2. The van der Waals surface area contributed by atoms with Crippen molar-refractivity contribution >= 4 is 15.9 Å². The number of hydrogen-bond acceptors (Lipinski definition) is 4. The first-order valence-corrected chi connectivity index (χ1v) is 10.1. The van der Waals surface area contributed by atoms with Crippen molar-refractivity contribution in [3.05, 3.63) is 34.9 Å². The SMILES string of the molecule is COc1ccc(S(=O)(=O)N2C3CCC2CC(=C2CC2)C3)cc1C(N)=O. The van der Waals surface area contributed by atoms with E-state index in [9.17, 15) is 13.2 Å². The van der Waals surface area contributed by atoms with Gasteiger partial charge < -0.3 is 10.5 Å². The van der Waals surface area contributed by atoms with Crippen LogP contribution >= 0.6 is 0 Å². The van der Waals surface area contributed by atoms with Gasteiger partial charge in [-0.05, 0) is 56.7 Å². The highest BCUT2D eigenvalue weighted by molar-refractivity contribution is 7.89. The third kappa shape index (κ3) is 2.75. The minimum absolute atomic E-state index is 0.0333. The van der Waals surface area contributed by atoms with Gasteiger partial charge in [0.25, 0.3) is 5.91 Å². The van der Waals surface area contributed by atoms with E-state index in [4.69, 9.17) is 10.5 Å². The van der Waals surface area contributed by atoms with Crippen molar-refractivity contribution in [3.8, 4) is 5.75 Å². The number of amides is 1. The van der Waals surface area contributed by atoms with E-state index in [1.165, 1.54) is 49.3 Å². The van der Waals surface area contributed by atoms with E-state index in [1.54, 1.807) is 4.31 Å². The van der Waals surface area contributed by atoms with Crippen LogP contribution in [-0.2, 0) is 10.0 Å². The molecule has 25 heavy (non-hydrogen) atoms. The van der Waals surface area contributed by atoms with Crippen molar-refractivity contribution in [1.29, 1.82) is 0 Å². The summed E-state index contributed by atoms with van der Waals surface area (Å²) < 4.78 is 33.2. The summed E-state index contributed by atoms with van der Waals surface area (Å²) in [6, 6.07) is 4.40. The largest absolute Gasteiger partial charge is 0.496 e. The van der Waals surface area contributed by atoms with E-state index in [1.807, 2.05) is 0 Å². The van der Waals surface area contributed by atoms with Gasteiger partial charge in [0.15, 0.2) is 0 Å². The molecule has 2 aliphatic heterocycles. The third-order valence-corrected chi connectivity index (χ3v) is 7.53. The van der Waals surface area contributed by atoms with Crippen LogP contribution in [0, 0.1) is 0 Å². The summed E-state index contributed by atoms with van der Waals surface area (Å²) in [6.07, 6.45) is 5.87. The number of carbonyl (C=O) groups excluding carboxylic acids is 1. The third-order valence-electron chi connectivity index (χ3n) is 5.53. The number of nitrogens with zero attached hydrogens (tertiary/aromatic N) is 1. The van der Waals surface area contributed by atoms with Crippen LogP contribution in [0.5, 0.6) is 5.75 Å². The molecule has 0 radical (unpaired) electrons. The van der Waals surface area contributed by atoms with Crippen LogP contribution in [0.15, 0.2) is 34.2 Å². The Morgan fingerprint density at radius 1 is 1.16 bits per heavy atom. The molecule has 2 saturated heterocycles. The highest BCUT2D eigenvalue weighted by Gasteiger charge is 2.46. The van der Waals surface area contributed by atoms with Gasteiger partial charge in [-0.1, -0.05) is 11.1 Å². The Hall–Kier alpha value is -1.86. The monoisotopic (exact) mass is 362 g/mol. The van der Waals surface area contributed by atoms with E-state index in [-0.39, 0.29) is 28.3 Å². The lowest BCUT2D eigenvalue weighted by Crippen LogP contribution is -2.44. The molecule has 2 unspecified atom stereocenters. The molecule has 7 heteroatoms. The van der Waals surface area contributed by atoms with Crippen molar-refractivity contribution in [3.63, 3.8) is 0 Å². The number of sulfonamides is 1. The van der Waals surface area contributed by atoms with Crippen LogP contribution in [0.4, 0.5) is 0 Å². The second-order valence-corrected chi connectivity index (χ2v) is 8.90. The molecule has 0 aromatic heterocycles. The van der Waals surface area contributed by atoms with Gasteiger partial charge in [0.2, 0.25) is 10.0 Å². The quantitative estimate of drug-likeness (QED) is 0.832. The fraction of sp³-hybridized carbons (Fsp3) is 0.500. The summed E-state index contributed by atoms with van der Waals surface area (Å²) in [7, 11) is -2.24. The van der Waals surface area contributed by atoms with E-state index in [0.29, 0.717) is 0 Å². The number of carbonyl (C=O) groups is 1. The molecule has 0 spiro atoms. The zero-order chi connectivity index (χ0) is 17.8. The van der Waals surface area contributed by atoms with Crippen LogP contribution in [0.3, 0.4) is 0 Å². The zero-order valence-corrected chi connectivity index (χ0v) is 15.0. The Kier molecular flexibility index (Phi) is 3.88. The average Bonchev–Trinajstić information content (AvgIpc) is 3.39. The number of nitrogens with two attached hydrogens (primary N) is 1. The highest BCUT2D eigenvalue weighted by Crippen LogP contribution is 2.46. The average molecular weight is 362 g/mol. The fourth-order valence-electron chi connectivity index (χ4n) is 4.23. The number of hydrogen-bond donors (Lipinski definition) is 1. The molecule has 1 amide bonds. The van der Waals surface area contributed by atoms with Crippen LogP contribution < -0.4 is 10.5 Å². The molecule has 134 valence electrons. The van der Waals surface area contributed by atoms with E-state index in [2.05, 4.69) is 0 Å². The molecule has 1 aliphatic carbocycles. The standard InChI is InChI=1S/C18H22N2O4S/c1-24-17-7-6-15(10-16(17)18(19)21)25(22,23)20-13-4-5-14(20)9-12(8-13)11-2-3-11/h6-7,10,13-14H,2-5,8-9H2,1H3,(H2,19,21). The predicted octanol–water partition coefficient (Wildman–Crippen LogP) is 2.20. The Morgan fingerprint density at radius 2 is 1.80 bits per heavy atom. The summed E-state index contributed by atoms with van der Waals surface area (Å²) in [5, 5.41) is 0. The molecule has 2 N–H and O–H groups in total. The first-order valence-electron chi connectivity index (χ1n) is 8.63. The lowest BCUT2D eigenvalue weighted by molar-refractivity contribution is 0.0997. The minimum atomic E-state index is -3.66. The van der Waals surface area contributed by atoms with Gasteiger partial charge in [0.05, 0.1) is 17.6 Å². The summed E-state index contributed by atoms with van der Waals surface area (Å²) >= 11 is 0. The number of benzene rings is 1. The molecule has 3 aliphatic rings. The van der Waals surface area contributed by atoms with Crippen molar-refractivity contribution in [2.75, 3.05) is 7.11 Å². The molecule has 2 atom stereocenters. The highest BCUT2D eigenvalue weighted by atomic mass is 32.2. The number of methoxy groups -OCH3 is 1. The number of rotatable bonds is 4. The summed E-state index contributed by atoms with van der Waals surface area (Å²) in [5.41, 5.74) is 8.48. The molecule has 4 rings (SSSR count). The number of fused-ring (bicyclic) bond motifs is 2. The second kappa shape index (κ2) is 5.85. The number of ether oxygens (including phenoxy) is 1. The first-order chi connectivity index (χ1) is 11.9. The van der Waals surface area contributed by atoms with Gasteiger partial charge in [-0.3, -0.25) is 4.79 Å². The molecule has 3 fully saturated rings. The van der Waals surface area contributed by atoms with E-state index < -0.39 is 15.9 Å². The Labute approximate surface area is 147 Å². The summed E-state index contributed by atoms with van der Waals surface area (Å²) in [6.45, 7) is 0. The van der Waals surface area contributed by atoms with E-state index >= 15 is 0 Å². The van der Waals surface area contributed by atoms with Gasteiger partial charge in [-0.25, -0.2) is 8.42 Å². The molecular weight excluding hydrogens is 340 g/mol. The lowest BCUT2D eigenvalue weighted by atomic mass is 9.98. The molecule has 2 bridgehead atoms. The van der Waals surface area contributed by atoms with Crippen molar-refractivity contribution in [2.24, 2.45) is 5.73 Å². The van der Waals surface area contributed by atoms with Crippen molar-refractivity contribution in [1.82, 2.24) is 4.31 Å².